The van der Waals surface area contributed by atoms with E-state index in [0.717, 1.165) is 11.3 Å². The summed E-state index contributed by atoms with van der Waals surface area (Å²) in [6.45, 7) is 0.236. The van der Waals surface area contributed by atoms with Gasteiger partial charge in [-0.2, -0.15) is 0 Å². The minimum absolute atomic E-state index is 0.188. The van der Waals surface area contributed by atoms with Crippen molar-refractivity contribution in [3.8, 4) is 28.4 Å². The Morgan fingerprint density at radius 2 is 1.82 bits per heavy atom. The first-order valence-electron chi connectivity index (χ1n) is 5.12. The number of benzene rings is 2. The fourth-order valence-electron chi connectivity index (χ4n) is 1.80. The molecule has 0 saturated heterocycles. The summed E-state index contributed by atoms with van der Waals surface area (Å²) in [6.07, 6.45) is 0. The minimum Gasteiger partial charge on any atom is -0.507 e. The van der Waals surface area contributed by atoms with Crippen molar-refractivity contribution in [3.63, 3.8) is 0 Å². The molecule has 1 N–H and O–H groups in total. The lowest BCUT2D eigenvalue weighted by Crippen LogP contribution is -1.92. The van der Waals surface area contributed by atoms with Crippen LogP contribution in [0.4, 0.5) is 0 Å². The third-order valence-corrected chi connectivity index (χ3v) is 2.88. The maximum absolute atomic E-state index is 9.81. The molecule has 4 heteroatoms. The molecule has 0 saturated carbocycles. The van der Waals surface area contributed by atoms with Crippen LogP contribution in [0.5, 0.6) is 17.2 Å². The van der Waals surface area contributed by atoms with Gasteiger partial charge >= 0.3 is 0 Å². The van der Waals surface area contributed by atoms with Crippen LogP contribution in [0.2, 0.25) is 5.02 Å². The van der Waals surface area contributed by atoms with E-state index in [-0.39, 0.29) is 12.5 Å². The molecule has 1 aliphatic heterocycles. The molecular weight excluding hydrogens is 240 g/mol. The Morgan fingerprint density at radius 3 is 2.71 bits per heavy atom. The van der Waals surface area contributed by atoms with Crippen LogP contribution in [0.1, 0.15) is 0 Å². The maximum atomic E-state index is 9.81. The fourth-order valence-corrected chi connectivity index (χ4v) is 1.98. The van der Waals surface area contributed by atoms with Gasteiger partial charge in [0.25, 0.3) is 0 Å². The number of ether oxygens (including phenoxy) is 2. The molecule has 0 radical (unpaired) electrons. The Kier molecular flexibility index (Phi) is 2.34. The molecule has 0 spiro atoms. The monoisotopic (exact) mass is 248 g/mol. The molecule has 17 heavy (non-hydrogen) atoms. The van der Waals surface area contributed by atoms with Gasteiger partial charge in [-0.15, -0.1) is 0 Å². The Bertz CT molecular complexity index is 581. The molecule has 2 aromatic rings. The summed E-state index contributed by atoms with van der Waals surface area (Å²) in [5.74, 6) is 1.59. The van der Waals surface area contributed by atoms with Gasteiger partial charge in [0.15, 0.2) is 11.5 Å². The van der Waals surface area contributed by atoms with Gasteiger partial charge in [-0.05, 0) is 35.9 Å². The first-order chi connectivity index (χ1) is 8.24. The third kappa shape index (κ3) is 1.78. The van der Waals surface area contributed by atoms with Crippen LogP contribution >= 0.6 is 11.6 Å². The molecule has 2 aromatic carbocycles. The van der Waals surface area contributed by atoms with Crippen LogP contribution in [-0.2, 0) is 0 Å². The second-order valence-electron chi connectivity index (χ2n) is 3.73. The van der Waals surface area contributed by atoms with E-state index in [2.05, 4.69) is 0 Å². The van der Waals surface area contributed by atoms with Crippen molar-refractivity contribution in [3.05, 3.63) is 41.4 Å². The lowest BCUT2D eigenvalue weighted by Gasteiger charge is -2.06. The van der Waals surface area contributed by atoms with Gasteiger partial charge in [-0.3, -0.25) is 0 Å². The lowest BCUT2D eigenvalue weighted by molar-refractivity contribution is 0.174. The second kappa shape index (κ2) is 3.86. The summed E-state index contributed by atoms with van der Waals surface area (Å²) >= 11 is 5.92. The molecule has 0 atom stereocenters. The number of fused-ring (bicyclic) bond motifs is 1. The third-order valence-electron chi connectivity index (χ3n) is 2.64. The number of phenols is 1. The molecule has 1 aliphatic rings. The number of hydrogen-bond acceptors (Lipinski definition) is 3. The Morgan fingerprint density at radius 1 is 1.00 bits per heavy atom. The molecule has 0 aliphatic carbocycles. The van der Waals surface area contributed by atoms with E-state index in [1.807, 2.05) is 18.2 Å². The zero-order valence-corrected chi connectivity index (χ0v) is 9.57. The smallest absolute Gasteiger partial charge is 0.231 e. The van der Waals surface area contributed by atoms with Gasteiger partial charge in [-0.25, -0.2) is 0 Å². The number of hydrogen-bond donors (Lipinski definition) is 1. The molecule has 1 heterocycles. The Hall–Kier alpha value is -1.87. The van der Waals surface area contributed by atoms with Crippen LogP contribution in [-0.4, -0.2) is 11.9 Å². The molecule has 3 rings (SSSR count). The highest BCUT2D eigenvalue weighted by molar-refractivity contribution is 6.31. The molecule has 0 unspecified atom stereocenters. The standard InChI is InChI=1S/C13H9ClO3/c14-9-2-3-11(15)10(6-9)8-1-4-12-13(5-8)17-7-16-12/h1-6,15H,7H2. The number of phenolic OH excluding ortho intramolecular Hbond substituents is 1. The molecule has 0 aromatic heterocycles. The SMILES string of the molecule is Oc1ccc(Cl)cc1-c1ccc2c(c1)OCO2. The molecule has 86 valence electrons. The van der Waals surface area contributed by atoms with Crippen molar-refractivity contribution in [2.75, 3.05) is 6.79 Å². The number of aromatic hydroxyl groups is 1. The molecule has 0 bridgehead atoms. The van der Waals surface area contributed by atoms with E-state index in [9.17, 15) is 5.11 Å². The predicted molar refractivity (Wildman–Crippen MR) is 64.7 cm³/mol. The van der Waals surface area contributed by atoms with E-state index in [4.69, 9.17) is 21.1 Å². The van der Waals surface area contributed by atoms with Crippen LogP contribution in [0, 0.1) is 0 Å². The summed E-state index contributed by atoms with van der Waals surface area (Å²) in [5, 5.41) is 10.4. The highest BCUT2D eigenvalue weighted by Gasteiger charge is 2.15. The molecule has 0 amide bonds. The van der Waals surface area contributed by atoms with Crippen molar-refractivity contribution in [2.45, 2.75) is 0 Å². The second-order valence-corrected chi connectivity index (χ2v) is 4.17. The van der Waals surface area contributed by atoms with Gasteiger partial charge in [0.05, 0.1) is 0 Å². The summed E-state index contributed by atoms with van der Waals surface area (Å²) in [5.41, 5.74) is 1.52. The van der Waals surface area contributed by atoms with Crippen LogP contribution in [0.15, 0.2) is 36.4 Å². The Labute approximate surface area is 103 Å². The highest BCUT2D eigenvalue weighted by atomic mass is 35.5. The Balaban J connectivity index is 2.12. The summed E-state index contributed by atoms with van der Waals surface area (Å²) in [4.78, 5) is 0. The van der Waals surface area contributed by atoms with Crippen molar-refractivity contribution in [1.82, 2.24) is 0 Å². The van der Waals surface area contributed by atoms with Gasteiger partial charge in [0.1, 0.15) is 5.75 Å². The summed E-state index contributed by atoms with van der Waals surface area (Å²) in [6, 6.07) is 10.4. The van der Waals surface area contributed by atoms with E-state index in [1.54, 1.807) is 18.2 Å². The van der Waals surface area contributed by atoms with E-state index < -0.39 is 0 Å². The lowest BCUT2D eigenvalue weighted by atomic mass is 10.0. The van der Waals surface area contributed by atoms with Crippen LogP contribution < -0.4 is 9.47 Å². The average molecular weight is 249 g/mol. The zero-order valence-electron chi connectivity index (χ0n) is 8.81. The van der Waals surface area contributed by atoms with E-state index in [1.165, 1.54) is 0 Å². The fraction of sp³-hybridized carbons (Fsp3) is 0.0769. The van der Waals surface area contributed by atoms with E-state index >= 15 is 0 Å². The molecule has 0 fully saturated rings. The number of rotatable bonds is 1. The number of halogens is 1. The van der Waals surface area contributed by atoms with Crippen LogP contribution in [0.25, 0.3) is 11.1 Å². The van der Waals surface area contributed by atoms with Crippen molar-refractivity contribution < 1.29 is 14.6 Å². The first kappa shape index (κ1) is 10.3. The normalized spacial score (nSPS) is 12.8. The van der Waals surface area contributed by atoms with Crippen molar-refractivity contribution in [1.29, 1.82) is 0 Å². The topological polar surface area (TPSA) is 38.7 Å². The quantitative estimate of drug-likeness (QED) is 0.840. The van der Waals surface area contributed by atoms with Crippen molar-refractivity contribution in [2.24, 2.45) is 0 Å². The summed E-state index contributed by atoms with van der Waals surface area (Å²) < 4.78 is 10.5. The van der Waals surface area contributed by atoms with Crippen molar-refractivity contribution >= 4 is 11.6 Å². The zero-order chi connectivity index (χ0) is 11.8. The first-order valence-corrected chi connectivity index (χ1v) is 5.50. The largest absolute Gasteiger partial charge is 0.507 e. The summed E-state index contributed by atoms with van der Waals surface area (Å²) in [7, 11) is 0. The van der Waals surface area contributed by atoms with Gasteiger partial charge < -0.3 is 14.6 Å². The minimum atomic E-state index is 0.188. The average Bonchev–Trinajstić information content (AvgIpc) is 2.79. The van der Waals surface area contributed by atoms with E-state index in [0.29, 0.717) is 16.3 Å². The van der Waals surface area contributed by atoms with Gasteiger partial charge in [0.2, 0.25) is 6.79 Å². The van der Waals surface area contributed by atoms with Gasteiger partial charge in [-0.1, -0.05) is 17.7 Å². The molecule has 3 nitrogen and oxygen atoms in total. The molecular formula is C13H9ClO3. The van der Waals surface area contributed by atoms with Crippen LogP contribution in [0.3, 0.4) is 0 Å². The van der Waals surface area contributed by atoms with Gasteiger partial charge in [0, 0.05) is 10.6 Å². The predicted octanol–water partition coefficient (Wildman–Crippen LogP) is 3.44. The maximum Gasteiger partial charge on any atom is 0.231 e. The highest BCUT2D eigenvalue weighted by Crippen LogP contribution is 2.39.